The molecule has 1 aromatic carbocycles. The molecule has 1 aromatic rings. The summed E-state index contributed by atoms with van der Waals surface area (Å²) in [6.07, 6.45) is 2.17. The van der Waals surface area contributed by atoms with Crippen LogP contribution in [0, 0.1) is 17.6 Å². The molecule has 18 heavy (non-hydrogen) atoms. The third kappa shape index (κ3) is 3.88. The second-order valence-electron chi connectivity index (χ2n) is 4.77. The van der Waals surface area contributed by atoms with Gasteiger partial charge in [0.2, 0.25) is 0 Å². The Kier molecular flexibility index (Phi) is 5.41. The van der Waals surface area contributed by atoms with Gasteiger partial charge in [-0.25, -0.2) is 8.78 Å². The molecule has 2 atom stereocenters. The van der Waals surface area contributed by atoms with Gasteiger partial charge in [-0.3, -0.25) is 4.79 Å². The van der Waals surface area contributed by atoms with Crippen molar-refractivity contribution in [2.24, 2.45) is 11.7 Å². The summed E-state index contributed by atoms with van der Waals surface area (Å²) in [7, 11) is 0. The highest BCUT2D eigenvalue weighted by atomic mass is 19.1. The van der Waals surface area contributed by atoms with E-state index in [1.165, 1.54) is 6.07 Å². The molecule has 0 spiro atoms. The number of hydrogen-bond acceptors (Lipinski definition) is 2. The topological polar surface area (TPSA) is 43.1 Å². The molecule has 0 saturated carbocycles. The highest BCUT2D eigenvalue weighted by Gasteiger charge is 2.22. The molecule has 0 fully saturated rings. The monoisotopic (exact) mass is 255 g/mol. The van der Waals surface area contributed by atoms with Crippen molar-refractivity contribution in [1.29, 1.82) is 0 Å². The van der Waals surface area contributed by atoms with Gasteiger partial charge in [-0.15, -0.1) is 0 Å². The lowest BCUT2D eigenvalue weighted by Crippen LogP contribution is -2.18. The van der Waals surface area contributed by atoms with Crippen LogP contribution < -0.4 is 5.73 Å². The van der Waals surface area contributed by atoms with Gasteiger partial charge in [0.25, 0.3) is 0 Å². The summed E-state index contributed by atoms with van der Waals surface area (Å²) in [5, 5.41) is 0. The molecular formula is C14H19F2NO. The number of benzene rings is 1. The predicted octanol–water partition coefficient (Wildman–Crippen LogP) is 3.30. The van der Waals surface area contributed by atoms with Crippen LogP contribution in [0.1, 0.15) is 43.5 Å². The predicted molar refractivity (Wildman–Crippen MR) is 67.4 cm³/mol. The van der Waals surface area contributed by atoms with E-state index in [4.69, 9.17) is 5.73 Å². The van der Waals surface area contributed by atoms with Crippen molar-refractivity contribution < 1.29 is 13.6 Å². The van der Waals surface area contributed by atoms with Crippen LogP contribution in [0.5, 0.6) is 0 Å². The molecule has 2 unspecified atom stereocenters. The Morgan fingerprint density at radius 1 is 1.22 bits per heavy atom. The smallest absolute Gasteiger partial charge is 0.171 e. The van der Waals surface area contributed by atoms with Crippen molar-refractivity contribution in [3.63, 3.8) is 0 Å². The molecule has 0 aliphatic heterocycles. The Morgan fingerprint density at radius 2 is 1.78 bits per heavy atom. The molecule has 0 saturated heterocycles. The largest absolute Gasteiger partial charge is 0.328 e. The first-order valence-electron chi connectivity index (χ1n) is 6.17. The maximum atomic E-state index is 13.4. The molecule has 0 heterocycles. The molecule has 0 radical (unpaired) electrons. The molecule has 1 rings (SSSR count). The number of Topliss-reactive ketones (excluding diaryl/α,β-unsaturated/α-hetero) is 1. The number of carbonyl (C=O) groups is 1. The molecule has 4 heteroatoms. The summed E-state index contributed by atoms with van der Waals surface area (Å²) in [5.41, 5.74) is 5.18. The zero-order valence-corrected chi connectivity index (χ0v) is 10.7. The Balaban J connectivity index is 2.69. The lowest BCUT2D eigenvalue weighted by Gasteiger charge is -2.12. The average Bonchev–Trinajstić information content (AvgIpc) is 2.27. The van der Waals surface area contributed by atoms with E-state index >= 15 is 0 Å². The van der Waals surface area contributed by atoms with Crippen LogP contribution in [0.15, 0.2) is 18.2 Å². The molecule has 0 bridgehead atoms. The summed E-state index contributed by atoms with van der Waals surface area (Å²) in [6.45, 7) is 3.58. The lowest BCUT2D eigenvalue weighted by atomic mass is 9.93. The fraction of sp³-hybridized carbons (Fsp3) is 0.500. The van der Waals surface area contributed by atoms with Gasteiger partial charge in [0.15, 0.2) is 5.78 Å². The van der Waals surface area contributed by atoms with E-state index in [1.54, 1.807) is 6.92 Å². The number of carbonyl (C=O) groups excluding carboxylic acids is 1. The molecule has 100 valence electrons. The summed E-state index contributed by atoms with van der Waals surface area (Å²) in [5.74, 6) is -2.46. The third-order valence-electron chi connectivity index (χ3n) is 2.95. The van der Waals surface area contributed by atoms with Gasteiger partial charge >= 0.3 is 0 Å². The van der Waals surface area contributed by atoms with Crippen molar-refractivity contribution >= 4 is 5.78 Å². The van der Waals surface area contributed by atoms with Crippen LogP contribution in [-0.4, -0.2) is 11.8 Å². The minimum atomic E-state index is -0.793. The lowest BCUT2D eigenvalue weighted by molar-refractivity contribution is 0.0913. The highest BCUT2D eigenvalue weighted by molar-refractivity contribution is 5.98. The zero-order chi connectivity index (χ0) is 13.7. The van der Waals surface area contributed by atoms with E-state index < -0.39 is 28.9 Å². The molecule has 0 aromatic heterocycles. The number of halogens is 2. The Labute approximate surface area is 106 Å². The highest BCUT2D eigenvalue weighted by Crippen LogP contribution is 2.20. The van der Waals surface area contributed by atoms with E-state index in [1.807, 2.05) is 6.92 Å². The third-order valence-corrected chi connectivity index (χ3v) is 2.95. The number of rotatable bonds is 6. The van der Waals surface area contributed by atoms with Crippen LogP contribution in [0.2, 0.25) is 0 Å². The fourth-order valence-corrected chi connectivity index (χ4v) is 1.86. The van der Waals surface area contributed by atoms with Crippen molar-refractivity contribution in [2.45, 2.75) is 39.2 Å². The van der Waals surface area contributed by atoms with Crippen LogP contribution in [0.3, 0.4) is 0 Å². The number of hydrogen-bond donors (Lipinski definition) is 1. The normalized spacial score (nSPS) is 14.3. The molecular weight excluding hydrogens is 236 g/mol. The van der Waals surface area contributed by atoms with Gasteiger partial charge in [0, 0.05) is 12.0 Å². The zero-order valence-electron chi connectivity index (χ0n) is 10.7. The van der Waals surface area contributed by atoms with Gasteiger partial charge in [0.05, 0.1) is 5.56 Å². The summed E-state index contributed by atoms with van der Waals surface area (Å²) in [6, 6.07) is 3.54. The first kappa shape index (κ1) is 14.8. The van der Waals surface area contributed by atoms with Crippen LogP contribution in [0.25, 0.3) is 0 Å². The molecule has 2 nitrogen and oxygen atoms in total. The SMILES string of the molecule is CC(N)CCCC(C)C(=O)c1c(F)cccc1F. The quantitative estimate of drug-likeness (QED) is 0.792. The second-order valence-corrected chi connectivity index (χ2v) is 4.77. The van der Waals surface area contributed by atoms with Crippen LogP contribution in [0.4, 0.5) is 8.78 Å². The number of nitrogens with two attached hydrogens (primary N) is 1. The van der Waals surface area contributed by atoms with E-state index in [9.17, 15) is 13.6 Å². The summed E-state index contributed by atoms with van der Waals surface area (Å²) < 4.78 is 26.9. The maximum absolute atomic E-state index is 13.4. The molecule has 2 N–H and O–H groups in total. The van der Waals surface area contributed by atoms with Crippen molar-refractivity contribution in [3.05, 3.63) is 35.4 Å². The second kappa shape index (κ2) is 6.59. The fourth-order valence-electron chi connectivity index (χ4n) is 1.86. The van der Waals surface area contributed by atoms with Crippen molar-refractivity contribution in [3.8, 4) is 0 Å². The van der Waals surface area contributed by atoms with E-state index in [0.29, 0.717) is 6.42 Å². The minimum absolute atomic E-state index is 0.0810. The first-order valence-corrected chi connectivity index (χ1v) is 6.17. The molecule has 0 aliphatic carbocycles. The molecule has 0 aliphatic rings. The maximum Gasteiger partial charge on any atom is 0.171 e. The van der Waals surface area contributed by atoms with Gasteiger partial charge in [-0.2, -0.15) is 0 Å². The minimum Gasteiger partial charge on any atom is -0.328 e. The van der Waals surface area contributed by atoms with E-state index in [0.717, 1.165) is 25.0 Å². The van der Waals surface area contributed by atoms with E-state index in [-0.39, 0.29) is 6.04 Å². The first-order chi connectivity index (χ1) is 8.43. The summed E-state index contributed by atoms with van der Waals surface area (Å²) >= 11 is 0. The van der Waals surface area contributed by atoms with Gasteiger partial charge in [-0.1, -0.05) is 19.4 Å². The van der Waals surface area contributed by atoms with Crippen molar-refractivity contribution in [2.75, 3.05) is 0 Å². The summed E-state index contributed by atoms with van der Waals surface area (Å²) in [4.78, 5) is 12.0. The Morgan fingerprint density at radius 3 is 2.28 bits per heavy atom. The Hall–Kier alpha value is -1.29. The van der Waals surface area contributed by atoms with Crippen molar-refractivity contribution in [1.82, 2.24) is 0 Å². The Bertz CT molecular complexity index is 398. The number of ketones is 1. The molecule has 0 amide bonds. The van der Waals surface area contributed by atoms with Crippen LogP contribution >= 0.6 is 0 Å². The van der Waals surface area contributed by atoms with E-state index in [2.05, 4.69) is 0 Å². The van der Waals surface area contributed by atoms with Crippen LogP contribution in [-0.2, 0) is 0 Å². The van der Waals surface area contributed by atoms with Gasteiger partial charge in [0.1, 0.15) is 11.6 Å². The van der Waals surface area contributed by atoms with Gasteiger partial charge in [-0.05, 0) is 31.9 Å². The standard InChI is InChI=1S/C14H19F2NO/c1-9(5-3-6-10(2)17)14(18)13-11(15)7-4-8-12(13)16/h4,7-10H,3,5-6,17H2,1-2H3. The average molecular weight is 255 g/mol. The van der Waals surface area contributed by atoms with Gasteiger partial charge < -0.3 is 5.73 Å².